The van der Waals surface area contributed by atoms with Crippen LogP contribution in [0.2, 0.25) is 0 Å². The molecule has 1 saturated heterocycles. The number of likely N-dealkylation sites (tertiary alicyclic amines) is 1. The molecule has 1 rings (SSSR count). The maximum absolute atomic E-state index is 11.7. The van der Waals surface area contributed by atoms with E-state index in [0.717, 1.165) is 25.8 Å². The van der Waals surface area contributed by atoms with Crippen molar-refractivity contribution in [1.29, 1.82) is 0 Å². The molecule has 0 aromatic carbocycles. The van der Waals surface area contributed by atoms with Gasteiger partial charge in [0.25, 0.3) is 0 Å². The lowest BCUT2D eigenvalue weighted by Gasteiger charge is -2.34. The number of carbonyl (C=O) groups is 2. The molecule has 0 aliphatic carbocycles. The van der Waals surface area contributed by atoms with Gasteiger partial charge in [0.2, 0.25) is 5.91 Å². The normalized spacial score (nSPS) is 20.9. The second-order valence-electron chi connectivity index (χ2n) is 4.22. The van der Waals surface area contributed by atoms with Gasteiger partial charge < -0.3 is 10.1 Å². The Morgan fingerprint density at radius 2 is 2.18 bits per heavy atom. The number of piperidine rings is 1. The van der Waals surface area contributed by atoms with Gasteiger partial charge in [0.15, 0.2) is 0 Å². The zero-order valence-corrected chi connectivity index (χ0v) is 10.7. The lowest BCUT2D eigenvalue weighted by Crippen LogP contribution is -2.49. The molecule has 1 N–H and O–H groups in total. The minimum Gasteiger partial charge on any atom is -0.466 e. The monoisotopic (exact) mass is 242 g/mol. The standard InChI is InChI=1S/C12H22N2O3/c1-3-17-11(15)7-9-14-8-5-4-6-10(14)12(16)13-2/h10H,3-9H2,1-2H3,(H,13,16). The summed E-state index contributed by atoms with van der Waals surface area (Å²) in [6, 6.07) is -0.0804. The number of likely N-dealkylation sites (N-methyl/N-ethyl adjacent to an activating group) is 1. The van der Waals surface area contributed by atoms with Gasteiger partial charge in [0.05, 0.1) is 19.1 Å². The Morgan fingerprint density at radius 3 is 2.82 bits per heavy atom. The minimum absolute atomic E-state index is 0.0496. The molecule has 17 heavy (non-hydrogen) atoms. The Hall–Kier alpha value is -1.10. The molecule has 0 aromatic heterocycles. The van der Waals surface area contributed by atoms with E-state index in [-0.39, 0.29) is 17.9 Å². The molecule has 5 nitrogen and oxygen atoms in total. The first-order chi connectivity index (χ1) is 8.19. The average Bonchev–Trinajstić information content (AvgIpc) is 2.36. The van der Waals surface area contributed by atoms with Crippen LogP contribution in [-0.2, 0) is 14.3 Å². The Bertz CT molecular complexity index is 268. The fourth-order valence-electron chi connectivity index (χ4n) is 2.19. The van der Waals surface area contributed by atoms with Gasteiger partial charge in [0, 0.05) is 13.6 Å². The van der Waals surface area contributed by atoms with Crippen LogP contribution in [0, 0.1) is 0 Å². The number of hydrogen-bond donors (Lipinski definition) is 1. The quantitative estimate of drug-likeness (QED) is 0.715. The van der Waals surface area contributed by atoms with E-state index in [4.69, 9.17) is 4.74 Å². The third-order valence-corrected chi connectivity index (χ3v) is 3.07. The van der Waals surface area contributed by atoms with Crippen molar-refractivity contribution in [3.05, 3.63) is 0 Å². The van der Waals surface area contributed by atoms with Crippen LogP contribution in [0.15, 0.2) is 0 Å². The van der Waals surface area contributed by atoms with Crippen LogP contribution in [0.4, 0.5) is 0 Å². The lowest BCUT2D eigenvalue weighted by molar-refractivity contribution is -0.144. The molecule has 5 heteroatoms. The maximum Gasteiger partial charge on any atom is 0.307 e. The smallest absolute Gasteiger partial charge is 0.307 e. The summed E-state index contributed by atoms with van der Waals surface area (Å²) in [5.41, 5.74) is 0. The molecule has 1 fully saturated rings. The number of hydrogen-bond acceptors (Lipinski definition) is 4. The van der Waals surface area contributed by atoms with E-state index >= 15 is 0 Å². The highest BCUT2D eigenvalue weighted by molar-refractivity contribution is 5.81. The molecule has 0 radical (unpaired) electrons. The van der Waals surface area contributed by atoms with Gasteiger partial charge in [-0.2, -0.15) is 0 Å². The number of nitrogens with one attached hydrogen (secondary N) is 1. The SMILES string of the molecule is CCOC(=O)CCN1CCCCC1C(=O)NC. The first-order valence-electron chi connectivity index (χ1n) is 6.30. The predicted octanol–water partition coefficient (Wildman–Crippen LogP) is 0.540. The van der Waals surface area contributed by atoms with Gasteiger partial charge >= 0.3 is 5.97 Å². The second kappa shape index (κ2) is 7.27. The summed E-state index contributed by atoms with van der Waals surface area (Å²) in [6.07, 6.45) is 3.41. The number of amides is 1. The van der Waals surface area contributed by atoms with Crippen LogP contribution in [0.25, 0.3) is 0 Å². The van der Waals surface area contributed by atoms with E-state index in [1.165, 1.54) is 0 Å². The highest BCUT2D eigenvalue weighted by Crippen LogP contribution is 2.17. The molecule has 0 spiro atoms. The first kappa shape index (κ1) is 14.0. The van der Waals surface area contributed by atoms with Gasteiger partial charge in [0.1, 0.15) is 0 Å². The van der Waals surface area contributed by atoms with Crippen LogP contribution in [0.1, 0.15) is 32.6 Å². The van der Waals surface area contributed by atoms with Crippen LogP contribution in [0.3, 0.4) is 0 Å². The third-order valence-electron chi connectivity index (χ3n) is 3.07. The molecule has 1 heterocycles. The second-order valence-corrected chi connectivity index (χ2v) is 4.22. The van der Waals surface area contributed by atoms with E-state index < -0.39 is 0 Å². The van der Waals surface area contributed by atoms with Crippen LogP contribution >= 0.6 is 0 Å². The Labute approximate surface area is 102 Å². The zero-order chi connectivity index (χ0) is 12.7. The summed E-state index contributed by atoms with van der Waals surface area (Å²) in [5.74, 6) is -0.137. The van der Waals surface area contributed by atoms with Gasteiger partial charge in [-0.3, -0.25) is 14.5 Å². The minimum atomic E-state index is -0.186. The molecule has 0 bridgehead atoms. The first-order valence-corrected chi connectivity index (χ1v) is 6.30. The van der Waals surface area contributed by atoms with E-state index in [1.54, 1.807) is 14.0 Å². The molecular formula is C12H22N2O3. The average molecular weight is 242 g/mol. The molecule has 1 atom stereocenters. The summed E-state index contributed by atoms with van der Waals surface area (Å²) in [6.45, 7) is 3.71. The Morgan fingerprint density at radius 1 is 1.41 bits per heavy atom. The molecule has 98 valence electrons. The van der Waals surface area contributed by atoms with Crippen molar-refractivity contribution < 1.29 is 14.3 Å². The molecular weight excluding hydrogens is 220 g/mol. The number of nitrogens with zero attached hydrogens (tertiary/aromatic N) is 1. The van der Waals surface area contributed by atoms with Crippen molar-refractivity contribution >= 4 is 11.9 Å². The molecule has 1 aliphatic heterocycles. The number of esters is 1. The van der Waals surface area contributed by atoms with Crippen LogP contribution in [-0.4, -0.2) is 49.6 Å². The molecule has 0 saturated carbocycles. The van der Waals surface area contributed by atoms with Gasteiger partial charge in [-0.1, -0.05) is 6.42 Å². The van der Waals surface area contributed by atoms with E-state index in [0.29, 0.717) is 19.6 Å². The van der Waals surface area contributed by atoms with E-state index in [1.807, 2.05) is 0 Å². The number of rotatable bonds is 5. The predicted molar refractivity (Wildman–Crippen MR) is 64.5 cm³/mol. The van der Waals surface area contributed by atoms with Crippen molar-refractivity contribution in [3.8, 4) is 0 Å². The zero-order valence-electron chi connectivity index (χ0n) is 10.7. The number of carbonyl (C=O) groups excluding carboxylic acids is 2. The van der Waals surface area contributed by atoms with Crippen molar-refractivity contribution in [2.45, 2.75) is 38.6 Å². The highest BCUT2D eigenvalue weighted by Gasteiger charge is 2.27. The maximum atomic E-state index is 11.7. The van der Waals surface area contributed by atoms with Crippen LogP contribution < -0.4 is 5.32 Å². The molecule has 1 unspecified atom stereocenters. The Kier molecular flexibility index (Phi) is 5.97. The molecule has 0 aromatic rings. The van der Waals surface area contributed by atoms with Crippen LogP contribution in [0.5, 0.6) is 0 Å². The summed E-state index contributed by atoms with van der Waals surface area (Å²) in [4.78, 5) is 25.0. The van der Waals surface area contributed by atoms with Crippen molar-refractivity contribution in [3.63, 3.8) is 0 Å². The van der Waals surface area contributed by atoms with E-state index in [9.17, 15) is 9.59 Å². The van der Waals surface area contributed by atoms with Gasteiger partial charge in [-0.05, 0) is 26.3 Å². The fourth-order valence-corrected chi connectivity index (χ4v) is 2.19. The van der Waals surface area contributed by atoms with Crippen molar-refractivity contribution in [2.75, 3.05) is 26.7 Å². The van der Waals surface area contributed by atoms with Crippen molar-refractivity contribution in [1.82, 2.24) is 10.2 Å². The molecule has 1 amide bonds. The van der Waals surface area contributed by atoms with Gasteiger partial charge in [-0.25, -0.2) is 0 Å². The Balaban J connectivity index is 2.42. The van der Waals surface area contributed by atoms with E-state index in [2.05, 4.69) is 10.2 Å². The summed E-state index contributed by atoms with van der Waals surface area (Å²) in [7, 11) is 1.65. The summed E-state index contributed by atoms with van der Waals surface area (Å²) < 4.78 is 4.89. The highest BCUT2D eigenvalue weighted by atomic mass is 16.5. The van der Waals surface area contributed by atoms with Crippen molar-refractivity contribution in [2.24, 2.45) is 0 Å². The fraction of sp³-hybridized carbons (Fsp3) is 0.833. The number of ether oxygens (including phenoxy) is 1. The molecule has 1 aliphatic rings. The topological polar surface area (TPSA) is 58.6 Å². The third kappa shape index (κ3) is 4.34. The lowest BCUT2D eigenvalue weighted by atomic mass is 10.0. The summed E-state index contributed by atoms with van der Waals surface area (Å²) >= 11 is 0. The van der Waals surface area contributed by atoms with Gasteiger partial charge in [-0.15, -0.1) is 0 Å². The largest absolute Gasteiger partial charge is 0.466 e. The summed E-state index contributed by atoms with van der Waals surface area (Å²) in [5, 5.41) is 2.68.